The Balaban J connectivity index is 1.55. The molecule has 1 fully saturated rings. The van der Waals surface area contributed by atoms with Gasteiger partial charge in [0.2, 0.25) is 10.0 Å². The molecule has 7 heteroatoms. The van der Waals surface area contributed by atoms with Gasteiger partial charge in [-0.25, -0.2) is 23.1 Å². The van der Waals surface area contributed by atoms with Gasteiger partial charge in [-0.1, -0.05) is 37.5 Å². The summed E-state index contributed by atoms with van der Waals surface area (Å²) in [6.07, 6.45) is 8.32. The fourth-order valence-electron chi connectivity index (χ4n) is 3.86. The van der Waals surface area contributed by atoms with Gasteiger partial charge in [-0.05, 0) is 37.1 Å². The highest BCUT2D eigenvalue weighted by molar-refractivity contribution is 7.89. The van der Waals surface area contributed by atoms with Crippen LogP contribution in [0.1, 0.15) is 44.0 Å². The number of imidazole rings is 1. The molecule has 0 bridgehead atoms. The number of sulfonamides is 1. The summed E-state index contributed by atoms with van der Waals surface area (Å²) in [5, 5.41) is 0. The molecule has 1 N–H and O–H groups in total. The summed E-state index contributed by atoms with van der Waals surface area (Å²) in [5.41, 5.74) is 1.79. The van der Waals surface area contributed by atoms with Gasteiger partial charge in [-0.2, -0.15) is 0 Å². The molecule has 2 aromatic heterocycles. The van der Waals surface area contributed by atoms with E-state index >= 15 is 0 Å². The van der Waals surface area contributed by atoms with Crippen LogP contribution in [0, 0.1) is 0 Å². The smallest absolute Gasteiger partial charge is 0.240 e. The van der Waals surface area contributed by atoms with Crippen molar-refractivity contribution in [3.63, 3.8) is 0 Å². The molecule has 4 rings (SSSR count). The van der Waals surface area contributed by atoms with Gasteiger partial charge in [0.05, 0.1) is 4.90 Å². The molecule has 2 heterocycles. The van der Waals surface area contributed by atoms with Crippen LogP contribution >= 0.6 is 0 Å². The first-order chi connectivity index (χ1) is 13.1. The minimum Gasteiger partial charge on any atom is -0.310 e. The van der Waals surface area contributed by atoms with Crippen molar-refractivity contribution in [3.8, 4) is 0 Å². The summed E-state index contributed by atoms with van der Waals surface area (Å²) in [6.45, 7) is 0.313. The number of aromatic nitrogens is 3. The Morgan fingerprint density at radius 2 is 1.81 bits per heavy atom. The van der Waals surface area contributed by atoms with Crippen LogP contribution < -0.4 is 4.72 Å². The van der Waals surface area contributed by atoms with Crippen molar-refractivity contribution in [1.29, 1.82) is 0 Å². The second kappa shape index (κ2) is 7.78. The van der Waals surface area contributed by atoms with Gasteiger partial charge in [-0.3, -0.25) is 0 Å². The quantitative estimate of drug-likeness (QED) is 0.706. The monoisotopic (exact) mass is 384 g/mol. The zero-order valence-electron chi connectivity index (χ0n) is 15.2. The van der Waals surface area contributed by atoms with Gasteiger partial charge in [0, 0.05) is 25.2 Å². The Kier molecular flexibility index (Phi) is 5.22. The summed E-state index contributed by atoms with van der Waals surface area (Å²) in [5.74, 6) is 0.909. The van der Waals surface area contributed by atoms with Crippen molar-refractivity contribution in [3.05, 3.63) is 54.5 Å². The molecule has 1 aliphatic carbocycles. The number of hydrogen-bond donors (Lipinski definition) is 1. The zero-order valence-corrected chi connectivity index (χ0v) is 16.0. The lowest BCUT2D eigenvalue weighted by Crippen LogP contribution is -2.27. The first kappa shape index (κ1) is 18.1. The van der Waals surface area contributed by atoms with Crippen molar-refractivity contribution in [2.45, 2.75) is 49.5 Å². The molecule has 0 aliphatic heterocycles. The minimum atomic E-state index is -3.50. The number of nitrogens with one attached hydrogen (secondary N) is 1. The van der Waals surface area contributed by atoms with E-state index in [-0.39, 0.29) is 4.90 Å². The van der Waals surface area contributed by atoms with Crippen LogP contribution in [0.5, 0.6) is 0 Å². The third kappa shape index (κ3) is 3.89. The van der Waals surface area contributed by atoms with E-state index < -0.39 is 10.0 Å². The lowest BCUT2D eigenvalue weighted by Gasteiger charge is -2.25. The average Bonchev–Trinajstić information content (AvgIpc) is 3.07. The number of benzene rings is 1. The van der Waals surface area contributed by atoms with E-state index in [1.807, 2.05) is 12.1 Å². The molecule has 6 nitrogen and oxygen atoms in total. The third-order valence-corrected chi connectivity index (χ3v) is 6.63. The maximum Gasteiger partial charge on any atom is 0.240 e. The molecular formula is C20H24N4O2S. The largest absolute Gasteiger partial charge is 0.310 e. The van der Waals surface area contributed by atoms with Crippen molar-refractivity contribution in [1.82, 2.24) is 19.3 Å². The Bertz CT molecular complexity index is 1010. The highest BCUT2D eigenvalue weighted by Crippen LogP contribution is 2.31. The number of rotatable bonds is 6. The third-order valence-electron chi connectivity index (χ3n) is 5.16. The highest BCUT2D eigenvalue weighted by Gasteiger charge is 2.22. The molecule has 3 aromatic rings. The van der Waals surface area contributed by atoms with Crippen molar-refractivity contribution < 1.29 is 8.42 Å². The Morgan fingerprint density at radius 3 is 2.59 bits per heavy atom. The van der Waals surface area contributed by atoms with Crippen LogP contribution in [0.4, 0.5) is 0 Å². The first-order valence-corrected chi connectivity index (χ1v) is 11.0. The highest BCUT2D eigenvalue weighted by atomic mass is 32.2. The van der Waals surface area contributed by atoms with Crippen molar-refractivity contribution in [2.24, 2.45) is 0 Å². The fourth-order valence-corrected chi connectivity index (χ4v) is 4.91. The minimum absolute atomic E-state index is 0.285. The van der Waals surface area contributed by atoms with Crippen LogP contribution in [0.3, 0.4) is 0 Å². The van der Waals surface area contributed by atoms with Crippen LogP contribution in [0.25, 0.3) is 11.2 Å². The molecule has 0 atom stereocenters. The van der Waals surface area contributed by atoms with E-state index in [4.69, 9.17) is 4.98 Å². The van der Waals surface area contributed by atoms with Crippen LogP contribution in [-0.4, -0.2) is 29.5 Å². The van der Waals surface area contributed by atoms with Gasteiger partial charge in [0.25, 0.3) is 0 Å². The summed E-state index contributed by atoms with van der Waals surface area (Å²) in [7, 11) is -3.50. The Labute approximate surface area is 159 Å². The van der Waals surface area contributed by atoms with Crippen molar-refractivity contribution in [2.75, 3.05) is 6.54 Å². The van der Waals surface area contributed by atoms with E-state index in [9.17, 15) is 8.42 Å². The maximum absolute atomic E-state index is 12.4. The van der Waals surface area contributed by atoms with E-state index in [1.165, 1.54) is 19.3 Å². The molecule has 0 spiro atoms. The Hall–Kier alpha value is -2.25. The second-order valence-corrected chi connectivity index (χ2v) is 8.76. The molecule has 1 aromatic carbocycles. The number of pyridine rings is 1. The van der Waals surface area contributed by atoms with Gasteiger partial charge in [-0.15, -0.1) is 0 Å². The van der Waals surface area contributed by atoms with E-state index in [0.717, 1.165) is 29.8 Å². The molecule has 0 saturated heterocycles. The van der Waals surface area contributed by atoms with E-state index in [2.05, 4.69) is 14.3 Å². The fraction of sp³-hybridized carbons (Fsp3) is 0.400. The lowest BCUT2D eigenvalue weighted by molar-refractivity contribution is 0.351. The molecule has 0 unspecified atom stereocenters. The van der Waals surface area contributed by atoms with Gasteiger partial charge in [0.1, 0.15) is 11.3 Å². The van der Waals surface area contributed by atoms with Gasteiger partial charge < -0.3 is 4.57 Å². The average molecular weight is 385 g/mol. The Morgan fingerprint density at radius 1 is 1.04 bits per heavy atom. The lowest BCUT2D eigenvalue weighted by atomic mass is 9.95. The molecule has 0 radical (unpaired) electrons. The number of fused-ring (bicyclic) bond motifs is 1. The SMILES string of the molecule is O=S(=O)(NCCc1nc2cccnc2n1C1CCCCC1)c1ccccc1. The van der Waals surface area contributed by atoms with Gasteiger partial charge in [0.15, 0.2) is 5.65 Å². The second-order valence-electron chi connectivity index (χ2n) is 7.00. The summed E-state index contributed by atoms with van der Waals surface area (Å²) in [4.78, 5) is 9.57. The van der Waals surface area contributed by atoms with Crippen LogP contribution in [0.2, 0.25) is 0 Å². The molecule has 1 saturated carbocycles. The summed E-state index contributed by atoms with van der Waals surface area (Å²) >= 11 is 0. The topological polar surface area (TPSA) is 76.9 Å². The van der Waals surface area contributed by atoms with E-state index in [0.29, 0.717) is 19.0 Å². The van der Waals surface area contributed by atoms with E-state index in [1.54, 1.807) is 36.5 Å². The molecule has 142 valence electrons. The normalized spacial score (nSPS) is 16.0. The summed E-state index contributed by atoms with van der Waals surface area (Å²) in [6, 6.07) is 12.7. The van der Waals surface area contributed by atoms with Crippen LogP contribution in [0.15, 0.2) is 53.6 Å². The van der Waals surface area contributed by atoms with Crippen LogP contribution in [-0.2, 0) is 16.4 Å². The summed E-state index contributed by atoms with van der Waals surface area (Å²) < 4.78 is 29.8. The standard InChI is InChI=1S/C20H24N4O2S/c25-27(26,17-10-5-2-6-11-17)22-15-13-19-23-18-12-7-14-21-20(18)24(19)16-8-3-1-4-9-16/h2,5-7,10-12,14,16,22H,1,3-4,8-9,13,15H2. The van der Waals surface area contributed by atoms with Gasteiger partial charge >= 0.3 is 0 Å². The zero-order chi connectivity index (χ0) is 18.7. The number of nitrogens with zero attached hydrogens (tertiary/aromatic N) is 3. The predicted octanol–water partition coefficient (Wildman–Crippen LogP) is 3.46. The molecule has 27 heavy (non-hydrogen) atoms. The maximum atomic E-state index is 12.4. The predicted molar refractivity (Wildman–Crippen MR) is 105 cm³/mol. The first-order valence-electron chi connectivity index (χ1n) is 9.52. The van der Waals surface area contributed by atoms with Crippen molar-refractivity contribution >= 4 is 21.2 Å². The number of hydrogen-bond acceptors (Lipinski definition) is 4. The molecular weight excluding hydrogens is 360 g/mol. The molecule has 0 amide bonds. The molecule has 1 aliphatic rings.